The molecule has 5 N–H and O–H groups in total. The fourth-order valence-electron chi connectivity index (χ4n) is 2.18. The number of phenolic OH excluding ortho intramolecular Hbond substituents is 3. The Balaban J connectivity index is 2.54. The van der Waals surface area contributed by atoms with E-state index in [0.29, 0.717) is 5.56 Å². The van der Waals surface area contributed by atoms with Crippen molar-refractivity contribution in [2.45, 2.75) is 31.2 Å². The number of benzene rings is 1. The van der Waals surface area contributed by atoms with E-state index in [0.717, 1.165) is 12.8 Å². The molecule has 4 nitrogen and oxygen atoms in total. The van der Waals surface area contributed by atoms with E-state index in [-0.39, 0.29) is 28.7 Å². The van der Waals surface area contributed by atoms with Gasteiger partial charge in [-0.2, -0.15) is 0 Å². The van der Waals surface area contributed by atoms with E-state index in [1.807, 2.05) is 6.92 Å². The fourth-order valence-corrected chi connectivity index (χ4v) is 2.18. The summed E-state index contributed by atoms with van der Waals surface area (Å²) in [5.41, 5.74) is 6.01. The maximum Gasteiger partial charge on any atom is 0.126 e. The predicted octanol–water partition coefficient (Wildman–Crippen LogP) is 1.18. The summed E-state index contributed by atoms with van der Waals surface area (Å²) >= 11 is 0. The third-order valence-electron chi connectivity index (χ3n) is 3.24. The molecule has 0 saturated heterocycles. The van der Waals surface area contributed by atoms with Gasteiger partial charge in [-0.25, -0.2) is 0 Å². The van der Waals surface area contributed by atoms with Crippen LogP contribution in [0.25, 0.3) is 0 Å². The van der Waals surface area contributed by atoms with E-state index >= 15 is 0 Å². The Morgan fingerprint density at radius 3 is 2.00 bits per heavy atom. The van der Waals surface area contributed by atoms with Crippen molar-refractivity contribution in [2.75, 3.05) is 0 Å². The summed E-state index contributed by atoms with van der Waals surface area (Å²) in [5.74, 6) is -0.307. The summed E-state index contributed by atoms with van der Waals surface area (Å²) in [6.45, 7) is 1.86. The fraction of sp³-hybridized carbons (Fsp3) is 0.455. The van der Waals surface area contributed by atoms with Crippen molar-refractivity contribution in [1.82, 2.24) is 0 Å². The average molecular weight is 209 g/mol. The molecule has 0 spiro atoms. The highest BCUT2D eigenvalue weighted by Gasteiger charge is 2.50. The van der Waals surface area contributed by atoms with Crippen LogP contribution in [-0.4, -0.2) is 21.4 Å². The molecule has 0 aliphatic heterocycles. The zero-order valence-electron chi connectivity index (χ0n) is 8.57. The first-order valence-corrected chi connectivity index (χ1v) is 4.98. The second kappa shape index (κ2) is 3.03. The number of phenols is 3. The van der Waals surface area contributed by atoms with Gasteiger partial charge in [0.1, 0.15) is 17.2 Å². The van der Waals surface area contributed by atoms with Crippen molar-refractivity contribution in [2.24, 2.45) is 5.73 Å². The van der Waals surface area contributed by atoms with Crippen molar-refractivity contribution in [1.29, 1.82) is 0 Å². The molecule has 1 aliphatic rings. The van der Waals surface area contributed by atoms with Gasteiger partial charge in [-0.15, -0.1) is 0 Å². The molecular formula is C11H15NO3. The number of hydrogen-bond donors (Lipinski definition) is 4. The first-order valence-electron chi connectivity index (χ1n) is 4.98. The van der Waals surface area contributed by atoms with Crippen LogP contribution < -0.4 is 5.73 Å². The summed E-state index contributed by atoms with van der Waals surface area (Å²) < 4.78 is 0. The number of rotatable bonds is 2. The van der Waals surface area contributed by atoms with E-state index < -0.39 is 0 Å². The molecule has 0 bridgehead atoms. The standard InChI is InChI=1S/C11H15NO3/c1-6(12)11(2-3-11)10-8(14)4-7(13)5-9(10)15/h4-6,13-15H,2-3,12H2,1H3. The van der Waals surface area contributed by atoms with Crippen LogP contribution in [0.5, 0.6) is 17.2 Å². The van der Waals surface area contributed by atoms with Crippen LogP contribution in [0, 0.1) is 0 Å². The lowest BCUT2D eigenvalue weighted by Crippen LogP contribution is -2.31. The number of hydrogen-bond acceptors (Lipinski definition) is 4. The van der Waals surface area contributed by atoms with E-state index in [2.05, 4.69) is 0 Å². The summed E-state index contributed by atoms with van der Waals surface area (Å²) in [7, 11) is 0. The number of nitrogens with two attached hydrogens (primary N) is 1. The highest BCUT2D eigenvalue weighted by molar-refractivity contribution is 5.55. The highest BCUT2D eigenvalue weighted by Crippen LogP contribution is 2.56. The first-order chi connectivity index (χ1) is 6.97. The molecule has 1 atom stereocenters. The minimum atomic E-state index is -0.318. The van der Waals surface area contributed by atoms with Gasteiger partial charge in [0.05, 0.1) is 0 Å². The van der Waals surface area contributed by atoms with Gasteiger partial charge < -0.3 is 21.1 Å². The third kappa shape index (κ3) is 1.41. The third-order valence-corrected chi connectivity index (χ3v) is 3.24. The van der Waals surface area contributed by atoms with Crippen LogP contribution in [0.1, 0.15) is 25.3 Å². The second-order valence-corrected chi connectivity index (χ2v) is 4.30. The van der Waals surface area contributed by atoms with Crippen molar-refractivity contribution in [3.05, 3.63) is 17.7 Å². The van der Waals surface area contributed by atoms with Gasteiger partial charge in [-0.1, -0.05) is 0 Å². The van der Waals surface area contributed by atoms with Crippen molar-refractivity contribution in [3.63, 3.8) is 0 Å². The number of aromatic hydroxyl groups is 3. The molecule has 0 heterocycles. The second-order valence-electron chi connectivity index (χ2n) is 4.30. The van der Waals surface area contributed by atoms with Crippen LogP contribution in [0.3, 0.4) is 0 Å². The molecule has 1 aromatic carbocycles. The molecule has 0 amide bonds. The largest absolute Gasteiger partial charge is 0.508 e. The van der Waals surface area contributed by atoms with Crippen LogP contribution >= 0.6 is 0 Å². The highest BCUT2D eigenvalue weighted by atomic mass is 16.3. The summed E-state index contributed by atoms with van der Waals surface area (Å²) in [5, 5.41) is 28.6. The minimum absolute atomic E-state index is 0.0812. The summed E-state index contributed by atoms with van der Waals surface area (Å²) in [4.78, 5) is 0. The van der Waals surface area contributed by atoms with Crippen LogP contribution in [0.4, 0.5) is 0 Å². The normalized spacial score (nSPS) is 19.9. The van der Waals surface area contributed by atoms with Crippen LogP contribution in [0.2, 0.25) is 0 Å². The average Bonchev–Trinajstić information content (AvgIpc) is 2.83. The van der Waals surface area contributed by atoms with Gasteiger partial charge in [-0.3, -0.25) is 0 Å². The Kier molecular flexibility index (Phi) is 2.04. The van der Waals surface area contributed by atoms with Gasteiger partial charge in [-0.05, 0) is 19.8 Å². The maximum absolute atomic E-state index is 9.72. The van der Waals surface area contributed by atoms with E-state index in [1.54, 1.807) is 0 Å². The Labute approximate surface area is 88.0 Å². The SMILES string of the molecule is CC(N)C1(c2c(O)cc(O)cc2O)CC1. The zero-order valence-corrected chi connectivity index (χ0v) is 8.57. The first kappa shape index (κ1) is 10.1. The Morgan fingerprint density at radius 1 is 1.20 bits per heavy atom. The van der Waals surface area contributed by atoms with Gasteiger partial charge in [0.25, 0.3) is 0 Å². The van der Waals surface area contributed by atoms with Crippen LogP contribution in [0.15, 0.2) is 12.1 Å². The molecule has 2 rings (SSSR count). The molecule has 15 heavy (non-hydrogen) atoms. The summed E-state index contributed by atoms with van der Waals surface area (Å²) in [6.07, 6.45) is 1.72. The monoisotopic (exact) mass is 209 g/mol. The minimum Gasteiger partial charge on any atom is -0.508 e. The topological polar surface area (TPSA) is 86.7 Å². The lowest BCUT2D eigenvalue weighted by molar-refractivity contribution is 0.399. The van der Waals surface area contributed by atoms with Gasteiger partial charge >= 0.3 is 0 Å². The molecular weight excluding hydrogens is 194 g/mol. The van der Waals surface area contributed by atoms with E-state index in [4.69, 9.17) is 5.73 Å². The lowest BCUT2D eigenvalue weighted by Gasteiger charge is -2.22. The van der Waals surface area contributed by atoms with E-state index in [9.17, 15) is 15.3 Å². The smallest absolute Gasteiger partial charge is 0.126 e. The Morgan fingerprint density at radius 2 is 1.67 bits per heavy atom. The molecule has 0 aromatic heterocycles. The molecule has 1 aliphatic carbocycles. The zero-order chi connectivity index (χ0) is 11.2. The molecule has 4 heteroatoms. The van der Waals surface area contributed by atoms with Crippen LogP contribution in [-0.2, 0) is 5.41 Å². The van der Waals surface area contributed by atoms with Gasteiger partial charge in [0.2, 0.25) is 0 Å². The molecule has 1 fully saturated rings. The quantitative estimate of drug-likeness (QED) is 0.589. The molecule has 1 saturated carbocycles. The molecule has 82 valence electrons. The lowest BCUT2D eigenvalue weighted by atomic mass is 9.88. The van der Waals surface area contributed by atoms with Crippen molar-refractivity contribution < 1.29 is 15.3 Å². The maximum atomic E-state index is 9.72. The van der Waals surface area contributed by atoms with Gasteiger partial charge in [0.15, 0.2) is 0 Å². The Hall–Kier alpha value is -1.42. The Bertz CT molecular complexity index is 374. The predicted molar refractivity (Wildman–Crippen MR) is 56.0 cm³/mol. The molecule has 0 radical (unpaired) electrons. The van der Waals surface area contributed by atoms with Gasteiger partial charge in [0, 0.05) is 29.2 Å². The molecule has 1 aromatic rings. The van der Waals surface area contributed by atoms with Crippen molar-refractivity contribution in [3.8, 4) is 17.2 Å². The molecule has 1 unspecified atom stereocenters. The van der Waals surface area contributed by atoms with Crippen molar-refractivity contribution >= 4 is 0 Å². The summed E-state index contributed by atoms with van der Waals surface area (Å²) in [6, 6.07) is 2.34. The van der Waals surface area contributed by atoms with E-state index in [1.165, 1.54) is 12.1 Å².